The van der Waals surface area contributed by atoms with Crippen LogP contribution in [0.4, 0.5) is 4.79 Å². The van der Waals surface area contributed by atoms with Gasteiger partial charge in [-0.3, -0.25) is 9.59 Å². The van der Waals surface area contributed by atoms with Crippen LogP contribution in [0.1, 0.15) is 22.3 Å². The summed E-state index contributed by atoms with van der Waals surface area (Å²) in [4.78, 5) is 48.4. The lowest BCUT2D eigenvalue weighted by atomic mass is 10.1. The maximum atomic E-state index is 12.1. The van der Waals surface area contributed by atoms with Crippen LogP contribution in [0.3, 0.4) is 0 Å². The van der Waals surface area contributed by atoms with Crippen LogP contribution < -0.4 is 0 Å². The molecule has 2 aromatic carbocycles. The lowest BCUT2D eigenvalue weighted by molar-refractivity contribution is -0.147. The van der Waals surface area contributed by atoms with E-state index in [1.54, 1.807) is 60.7 Å². The largest absolute Gasteiger partial charge is 0.478 e. The van der Waals surface area contributed by atoms with Gasteiger partial charge in [0, 0.05) is 25.6 Å². The Morgan fingerprint density at radius 2 is 1.57 bits per heavy atom. The number of esters is 1. The number of ether oxygens (including phenoxy) is 2. The molecule has 8 heteroatoms. The molecule has 0 aliphatic rings. The van der Waals surface area contributed by atoms with Crippen molar-refractivity contribution in [2.75, 3.05) is 20.2 Å². The van der Waals surface area contributed by atoms with Crippen molar-refractivity contribution in [2.45, 2.75) is 18.9 Å². The molecule has 2 aromatic rings. The smallest absolute Gasteiger partial charge is 0.410 e. The van der Waals surface area contributed by atoms with Crippen molar-refractivity contribution >= 4 is 23.8 Å². The van der Waals surface area contributed by atoms with E-state index in [1.807, 2.05) is 0 Å². The number of benzene rings is 2. The molecule has 1 atom stereocenters. The van der Waals surface area contributed by atoms with Crippen LogP contribution in [0.15, 0.2) is 60.7 Å². The number of hydrogen-bond acceptors (Lipinski definition) is 6. The van der Waals surface area contributed by atoms with Crippen LogP contribution >= 0.6 is 0 Å². The first-order chi connectivity index (χ1) is 14.4. The molecule has 0 fully saturated rings. The van der Waals surface area contributed by atoms with Crippen LogP contribution in [0.2, 0.25) is 0 Å². The molecule has 2 rings (SSSR count). The molecule has 0 saturated carbocycles. The molecule has 0 saturated heterocycles. The molecule has 0 spiro atoms. The first-order valence-electron chi connectivity index (χ1n) is 9.29. The summed E-state index contributed by atoms with van der Waals surface area (Å²) in [5, 5.41) is 9.30. The van der Waals surface area contributed by atoms with Crippen LogP contribution in [-0.2, 0) is 25.5 Å². The van der Waals surface area contributed by atoms with Gasteiger partial charge in [0.05, 0.1) is 6.42 Å². The SMILES string of the molecule is CN(CCC(=O)OCC(=O)c1ccccc1)C(=O)OC(Cc1ccccc1)C(=O)O. The van der Waals surface area contributed by atoms with E-state index >= 15 is 0 Å². The summed E-state index contributed by atoms with van der Waals surface area (Å²) in [6.07, 6.45) is -2.35. The monoisotopic (exact) mass is 413 g/mol. The van der Waals surface area contributed by atoms with E-state index in [0.29, 0.717) is 11.1 Å². The van der Waals surface area contributed by atoms with Gasteiger partial charge in [0.15, 0.2) is 12.4 Å². The minimum atomic E-state index is -1.35. The average Bonchev–Trinajstić information content (AvgIpc) is 2.76. The van der Waals surface area contributed by atoms with Crippen LogP contribution in [0.5, 0.6) is 0 Å². The highest BCUT2D eigenvalue weighted by Crippen LogP contribution is 2.09. The molecular weight excluding hydrogens is 390 g/mol. The molecule has 1 N–H and O–H groups in total. The maximum absolute atomic E-state index is 12.1. The van der Waals surface area contributed by atoms with Crippen LogP contribution in [0, 0.1) is 0 Å². The molecule has 0 aliphatic carbocycles. The molecule has 1 amide bonds. The Kier molecular flexibility index (Phi) is 8.56. The van der Waals surface area contributed by atoms with Crippen molar-refractivity contribution in [3.8, 4) is 0 Å². The van der Waals surface area contributed by atoms with Crippen LogP contribution in [0.25, 0.3) is 0 Å². The minimum Gasteiger partial charge on any atom is -0.478 e. The topological polar surface area (TPSA) is 110 Å². The predicted molar refractivity (Wildman–Crippen MR) is 107 cm³/mol. The van der Waals surface area contributed by atoms with E-state index < -0.39 is 30.7 Å². The molecule has 30 heavy (non-hydrogen) atoms. The quantitative estimate of drug-likeness (QED) is 0.471. The highest BCUT2D eigenvalue weighted by atomic mass is 16.6. The number of aliphatic carboxylic acids is 1. The van der Waals surface area contributed by atoms with E-state index in [1.165, 1.54) is 7.05 Å². The Hall–Kier alpha value is -3.68. The number of carbonyl (C=O) groups excluding carboxylic acids is 3. The zero-order valence-electron chi connectivity index (χ0n) is 16.5. The zero-order valence-corrected chi connectivity index (χ0v) is 16.5. The molecule has 0 heterocycles. The fourth-order valence-corrected chi connectivity index (χ4v) is 2.50. The summed E-state index contributed by atoms with van der Waals surface area (Å²) < 4.78 is 9.97. The van der Waals surface area contributed by atoms with E-state index in [4.69, 9.17) is 9.47 Å². The maximum Gasteiger partial charge on any atom is 0.410 e. The van der Waals surface area contributed by atoms with Crippen molar-refractivity contribution in [1.29, 1.82) is 0 Å². The number of nitrogens with zero attached hydrogens (tertiary/aromatic N) is 1. The van der Waals surface area contributed by atoms with Gasteiger partial charge in [0.25, 0.3) is 0 Å². The molecule has 0 radical (unpaired) electrons. The number of Topliss-reactive ketones (excluding diaryl/α,β-unsaturated/α-hetero) is 1. The second-order valence-electron chi connectivity index (χ2n) is 6.52. The second-order valence-corrected chi connectivity index (χ2v) is 6.52. The normalized spacial score (nSPS) is 11.2. The van der Waals surface area contributed by atoms with E-state index in [-0.39, 0.29) is 25.2 Å². The Balaban J connectivity index is 1.76. The van der Waals surface area contributed by atoms with Gasteiger partial charge in [0.2, 0.25) is 6.10 Å². The first kappa shape index (κ1) is 22.6. The minimum absolute atomic E-state index is 0.0272. The lowest BCUT2D eigenvalue weighted by Crippen LogP contribution is -2.37. The summed E-state index contributed by atoms with van der Waals surface area (Å²) >= 11 is 0. The van der Waals surface area contributed by atoms with E-state index in [0.717, 1.165) is 4.90 Å². The number of carbonyl (C=O) groups is 4. The lowest BCUT2D eigenvalue weighted by Gasteiger charge is -2.20. The predicted octanol–water partition coefficient (Wildman–Crippen LogP) is 2.57. The molecular formula is C22H23NO7. The summed E-state index contributed by atoms with van der Waals surface area (Å²) in [7, 11) is 1.38. The Bertz CT molecular complexity index is 868. The van der Waals surface area contributed by atoms with Crippen molar-refractivity contribution in [3.05, 3.63) is 71.8 Å². The number of amides is 1. The third-order valence-corrected chi connectivity index (χ3v) is 4.21. The molecule has 0 aromatic heterocycles. The van der Waals surface area contributed by atoms with Gasteiger partial charge in [-0.05, 0) is 5.56 Å². The zero-order chi connectivity index (χ0) is 21.9. The fourth-order valence-electron chi connectivity index (χ4n) is 2.50. The van der Waals surface area contributed by atoms with Gasteiger partial charge in [-0.25, -0.2) is 9.59 Å². The highest BCUT2D eigenvalue weighted by Gasteiger charge is 2.25. The number of rotatable bonds is 10. The summed E-state index contributed by atoms with van der Waals surface area (Å²) in [6.45, 7) is -0.440. The Morgan fingerprint density at radius 3 is 2.17 bits per heavy atom. The third-order valence-electron chi connectivity index (χ3n) is 4.21. The van der Waals surface area contributed by atoms with Crippen molar-refractivity contribution in [2.24, 2.45) is 0 Å². The third kappa shape index (κ3) is 7.38. The molecule has 0 aliphatic heterocycles. The Labute approximate surface area is 174 Å². The Morgan fingerprint density at radius 1 is 0.967 bits per heavy atom. The first-order valence-corrected chi connectivity index (χ1v) is 9.29. The van der Waals surface area contributed by atoms with Gasteiger partial charge in [-0.2, -0.15) is 0 Å². The number of carboxylic acids is 1. The molecule has 8 nitrogen and oxygen atoms in total. The number of ketones is 1. The van der Waals surface area contributed by atoms with E-state index in [2.05, 4.69) is 0 Å². The van der Waals surface area contributed by atoms with Crippen molar-refractivity contribution < 1.29 is 33.8 Å². The fraction of sp³-hybridized carbons (Fsp3) is 0.273. The van der Waals surface area contributed by atoms with Crippen molar-refractivity contribution in [1.82, 2.24) is 4.90 Å². The number of carboxylic acid groups (broad SMARTS) is 1. The van der Waals surface area contributed by atoms with Gasteiger partial charge in [-0.1, -0.05) is 60.7 Å². The molecule has 0 bridgehead atoms. The van der Waals surface area contributed by atoms with Crippen molar-refractivity contribution in [3.63, 3.8) is 0 Å². The summed E-state index contributed by atoms with van der Waals surface area (Å²) in [5.41, 5.74) is 1.15. The summed E-state index contributed by atoms with van der Waals surface area (Å²) in [6, 6.07) is 17.2. The van der Waals surface area contributed by atoms with Gasteiger partial charge < -0.3 is 19.5 Å². The van der Waals surface area contributed by atoms with E-state index in [9.17, 15) is 24.3 Å². The highest BCUT2D eigenvalue weighted by molar-refractivity contribution is 5.97. The number of hydrogen-bond donors (Lipinski definition) is 1. The second kappa shape index (κ2) is 11.4. The molecule has 158 valence electrons. The van der Waals surface area contributed by atoms with Crippen LogP contribution in [-0.4, -0.2) is 60.1 Å². The summed E-state index contributed by atoms with van der Waals surface area (Å²) in [5.74, 6) is -2.25. The van der Waals surface area contributed by atoms with Gasteiger partial charge >= 0.3 is 18.0 Å². The standard InChI is InChI=1S/C22H23NO7/c1-23(13-12-20(25)29-15-18(24)17-10-6-3-7-11-17)22(28)30-19(21(26)27)14-16-8-4-2-5-9-16/h2-11,19H,12-15H2,1H3,(H,26,27). The average molecular weight is 413 g/mol. The van der Waals surface area contributed by atoms with Gasteiger partial charge in [-0.15, -0.1) is 0 Å². The molecule has 1 unspecified atom stereocenters. The van der Waals surface area contributed by atoms with Gasteiger partial charge in [0.1, 0.15) is 0 Å².